The molecule has 0 aromatic heterocycles. The standard InChI is InChI=1S/C20H29NO4/c1-5-18(25-17-8-7-14(3)15(4)13-17)19(22)21-11-9-16(10-12-21)20(23)24-6-2/h7-8,13,16,18H,5-6,9-12H2,1-4H3/t18-/m1/s1. The van der Waals surface area contributed by atoms with Gasteiger partial charge < -0.3 is 14.4 Å². The molecule has 1 aromatic rings. The van der Waals surface area contributed by atoms with Gasteiger partial charge in [0.15, 0.2) is 6.10 Å². The molecule has 0 radical (unpaired) electrons. The lowest BCUT2D eigenvalue weighted by Crippen LogP contribution is -2.46. The molecule has 1 saturated heterocycles. The van der Waals surface area contributed by atoms with Gasteiger partial charge in [0, 0.05) is 13.1 Å². The van der Waals surface area contributed by atoms with Crippen molar-refractivity contribution in [3.05, 3.63) is 29.3 Å². The fraction of sp³-hybridized carbons (Fsp3) is 0.600. The number of ether oxygens (including phenoxy) is 2. The van der Waals surface area contributed by atoms with Crippen molar-refractivity contribution in [2.75, 3.05) is 19.7 Å². The average Bonchev–Trinajstić information content (AvgIpc) is 2.62. The molecular formula is C20H29NO4. The molecule has 5 nitrogen and oxygen atoms in total. The van der Waals surface area contributed by atoms with Crippen molar-refractivity contribution in [1.29, 1.82) is 0 Å². The van der Waals surface area contributed by atoms with Gasteiger partial charge in [-0.1, -0.05) is 13.0 Å². The predicted octanol–water partition coefficient (Wildman–Crippen LogP) is 3.26. The monoisotopic (exact) mass is 347 g/mol. The largest absolute Gasteiger partial charge is 0.481 e. The van der Waals surface area contributed by atoms with E-state index < -0.39 is 6.10 Å². The molecule has 1 amide bonds. The number of nitrogens with zero attached hydrogens (tertiary/aromatic N) is 1. The van der Waals surface area contributed by atoms with Crippen LogP contribution < -0.4 is 4.74 Å². The molecule has 0 N–H and O–H groups in total. The summed E-state index contributed by atoms with van der Waals surface area (Å²) < 4.78 is 11.0. The molecule has 0 saturated carbocycles. The average molecular weight is 347 g/mol. The third-order valence-electron chi connectivity index (χ3n) is 4.83. The summed E-state index contributed by atoms with van der Waals surface area (Å²) >= 11 is 0. The molecule has 1 atom stereocenters. The fourth-order valence-electron chi connectivity index (χ4n) is 3.06. The molecule has 1 aliphatic rings. The second-order valence-electron chi connectivity index (χ2n) is 6.61. The summed E-state index contributed by atoms with van der Waals surface area (Å²) in [6.45, 7) is 9.41. The molecular weight excluding hydrogens is 318 g/mol. The normalized spacial score (nSPS) is 16.4. The quantitative estimate of drug-likeness (QED) is 0.741. The summed E-state index contributed by atoms with van der Waals surface area (Å²) in [5.41, 5.74) is 2.35. The number of amides is 1. The van der Waals surface area contributed by atoms with E-state index in [1.54, 1.807) is 0 Å². The highest BCUT2D eigenvalue weighted by atomic mass is 16.5. The zero-order chi connectivity index (χ0) is 18.4. The van der Waals surface area contributed by atoms with Crippen molar-refractivity contribution in [3.63, 3.8) is 0 Å². The summed E-state index contributed by atoms with van der Waals surface area (Å²) in [5.74, 6) is 0.491. The summed E-state index contributed by atoms with van der Waals surface area (Å²) in [5, 5.41) is 0. The smallest absolute Gasteiger partial charge is 0.309 e. The second kappa shape index (κ2) is 8.88. The van der Waals surface area contributed by atoms with Crippen LogP contribution in [0.1, 0.15) is 44.2 Å². The number of rotatable bonds is 6. The molecule has 0 spiro atoms. The van der Waals surface area contributed by atoms with Crippen LogP contribution in [0.25, 0.3) is 0 Å². The Hall–Kier alpha value is -2.04. The Morgan fingerprint density at radius 1 is 1.16 bits per heavy atom. The van der Waals surface area contributed by atoms with Crippen LogP contribution in [0, 0.1) is 19.8 Å². The van der Waals surface area contributed by atoms with Crippen LogP contribution >= 0.6 is 0 Å². The van der Waals surface area contributed by atoms with Gasteiger partial charge in [0.05, 0.1) is 12.5 Å². The molecule has 1 heterocycles. The van der Waals surface area contributed by atoms with E-state index in [9.17, 15) is 9.59 Å². The van der Waals surface area contributed by atoms with E-state index in [2.05, 4.69) is 6.92 Å². The molecule has 1 fully saturated rings. The number of piperidine rings is 1. The molecule has 0 aliphatic carbocycles. The third-order valence-corrected chi connectivity index (χ3v) is 4.83. The first kappa shape index (κ1) is 19.3. The van der Waals surface area contributed by atoms with Gasteiger partial charge in [0.1, 0.15) is 5.75 Å². The van der Waals surface area contributed by atoms with Gasteiger partial charge in [-0.25, -0.2) is 0 Å². The molecule has 0 unspecified atom stereocenters. The van der Waals surface area contributed by atoms with Gasteiger partial charge in [0.25, 0.3) is 5.91 Å². The first-order valence-corrected chi connectivity index (χ1v) is 9.15. The van der Waals surface area contributed by atoms with Gasteiger partial charge in [-0.3, -0.25) is 9.59 Å². The lowest BCUT2D eigenvalue weighted by atomic mass is 9.96. The van der Waals surface area contributed by atoms with E-state index in [4.69, 9.17) is 9.47 Å². The van der Waals surface area contributed by atoms with Gasteiger partial charge in [-0.15, -0.1) is 0 Å². The Labute approximate surface area is 150 Å². The Bertz CT molecular complexity index is 606. The van der Waals surface area contributed by atoms with Crippen LogP contribution in [0.5, 0.6) is 5.75 Å². The van der Waals surface area contributed by atoms with Gasteiger partial charge in [-0.2, -0.15) is 0 Å². The van der Waals surface area contributed by atoms with E-state index in [1.807, 2.05) is 43.9 Å². The zero-order valence-electron chi connectivity index (χ0n) is 15.7. The zero-order valence-corrected chi connectivity index (χ0v) is 15.7. The number of esters is 1. The minimum absolute atomic E-state index is 0.00281. The van der Waals surface area contributed by atoms with Crippen LogP contribution in [-0.2, 0) is 14.3 Å². The van der Waals surface area contributed by atoms with Crippen LogP contribution in [-0.4, -0.2) is 42.6 Å². The number of carbonyl (C=O) groups excluding carboxylic acids is 2. The van der Waals surface area contributed by atoms with E-state index in [0.29, 0.717) is 39.0 Å². The van der Waals surface area contributed by atoms with E-state index >= 15 is 0 Å². The van der Waals surface area contributed by atoms with E-state index in [0.717, 1.165) is 11.3 Å². The van der Waals surface area contributed by atoms with Crippen LogP contribution in [0.15, 0.2) is 18.2 Å². The second-order valence-corrected chi connectivity index (χ2v) is 6.61. The minimum atomic E-state index is -0.485. The molecule has 2 rings (SSSR count). The molecule has 138 valence electrons. The lowest BCUT2D eigenvalue weighted by Gasteiger charge is -2.33. The van der Waals surface area contributed by atoms with Crippen molar-refractivity contribution in [3.8, 4) is 5.75 Å². The van der Waals surface area contributed by atoms with Crippen molar-refractivity contribution in [2.45, 2.75) is 53.1 Å². The van der Waals surface area contributed by atoms with E-state index in [-0.39, 0.29) is 17.8 Å². The molecule has 1 aromatic carbocycles. The molecule has 0 bridgehead atoms. The molecule has 1 aliphatic heterocycles. The van der Waals surface area contributed by atoms with Crippen LogP contribution in [0.4, 0.5) is 0 Å². The highest BCUT2D eigenvalue weighted by Crippen LogP contribution is 2.22. The number of hydrogen-bond acceptors (Lipinski definition) is 4. The fourth-order valence-corrected chi connectivity index (χ4v) is 3.06. The van der Waals surface area contributed by atoms with Crippen LogP contribution in [0.3, 0.4) is 0 Å². The third kappa shape index (κ3) is 4.97. The highest BCUT2D eigenvalue weighted by Gasteiger charge is 2.31. The van der Waals surface area contributed by atoms with E-state index in [1.165, 1.54) is 5.56 Å². The first-order valence-electron chi connectivity index (χ1n) is 9.15. The van der Waals surface area contributed by atoms with Crippen molar-refractivity contribution in [1.82, 2.24) is 4.90 Å². The van der Waals surface area contributed by atoms with Crippen LogP contribution in [0.2, 0.25) is 0 Å². The first-order chi connectivity index (χ1) is 12.0. The summed E-state index contributed by atoms with van der Waals surface area (Å²) in [7, 11) is 0. The Kier molecular flexibility index (Phi) is 6.85. The van der Waals surface area contributed by atoms with Crippen molar-refractivity contribution >= 4 is 11.9 Å². The highest BCUT2D eigenvalue weighted by molar-refractivity contribution is 5.81. The maximum absolute atomic E-state index is 12.8. The lowest BCUT2D eigenvalue weighted by molar-refractivity contribution is -0.152. The van der Waals surface area contributed by atoms with Gasteiger partial charge in [0.2, 0.25) is 0 Å². The minimum Gasteiger partial charge on any atom is -0.481 e. The maximum Gasteiger partial charge on any atom is 0.309 e. The predicted molar refractivity (Wildman–Crippen MR) is 96.6 cm³/mol. The molecule has 5 heteroatoms. The Morgan fingerprint density at radius 3 is 2.40 bits per heavy atom. The molecule has 25 heavy (non-hydrogen) atoms. The number of benzene rings is 1. The summed E-state index contributed by atoms with van der Waals surface area (Å²) in [4.78, 5) is 26.4. The topological polar surface area (TPSA) is 55.8 Å². The van der Waals surface area contributed by atoms with Crippen molar-refractivity contribution in [2.24, 2.45) is 5.92 Å². The Morgan fingerprint density at radius 2 is 1.84 bits per heavy atom. The summed E-state index contributed by atoms with van der Waals surface area (Å²) in [6.07, 6.45) is 1.44. The van der Waals surface area contributed by atoms with Crippen molar-refractivity contribution < 1.29 is 19.1 Å². The maximum atomic E-state index is 12.8. The van der Waals surface area contributed by atoms with Gasteiger partial charge in [-0.05, 0) is 63.3 Å². The number of carbonyl (C=O) groups is 2. The SMILES string of the molecule is CCOC(=O)C1CCN(C(=O)[C@@H](CC)Oc2ccc(C)c(C)c2)CC1. The number of aryl methyl sites for hydroxylation is 2. The van der Waals surface area contributed by atoms with Gasteiger partial charge >= 0.3 is 5.97 Å². The number of hydrogen-bond donors (Lipinski definition) is 0. The Balaban J connectivity index is 1.94. The number of likely N-dealkylation sites (tertiary alicyclic amines) is 1. The summed E-state index contributed by atoms with van der Waals surface area (Å²) in [6, 6.07) is 5.89.